The average Bonchev–Trinajstić information content (AvgIpc) is 3.60. The number of benzene rings is 1. The van der Waals surface area contributed by atoms with Crippen LogP contribution < -0.4 is 37.6 Å². The minimum absolute atomic E-state index is 0.00720. The van der Waals surface area contributed by atoms with Crippen molar-refractivity contribution >= 4 is 47.3 Å². The normalized spacial score (nSPS) is 26.7. The molecule has 0 radical (unpaired) electrons. The minimum Gasteiger partial charge on any atom is -0.394 e. The van der Waals surface area contributed by atoms with E-state index in [1.54, 1.807) is 58.0 Å². The molecule has 0 aliphatic carbocycles. The highest BCUT2D eigenvalue weighted by Gasteiger charge is 2.41. The van der Waals surface area contributed by atoms with Crippen molar-refractivity contribution in [2.45, 2.75) is 122 Å². The van der Waals surface area contributed by atoms with E-state index in [9.17, 15) is 43.5 Å². The zero-order chi connectivity index (χ0) is 41.0. The van der Waals surface area contributed by atoms with Gasteiger partial charge in [0, 0.05) is 13.0 Å². The molecule has 3 rings (SSSR count). The van der Waals surface area contributed by atoms with Crippen molar-refractivity contribution in [3.8, 4) is 0 Å². The lowest BCUT2D eigenvalue weighted by atomic mass is 9.99. The fourth-order valence-electron chi connectivity index (χ4n) is 6.70. The van der Waals surface area contributed by atoms with Gasteiger partial charge in [0.15, 0.2) is 0 Å². The van der Waals surface area contributed by atoms with Gasteiger partial charge in [-0.25, -0.2) is 0 Å². The monoisotopic (exact) mass is 770 g/mol. The van der Waals surface area contributed by atoms with E-state index in [4.69, 9.17) is 5.73 Å². The van der Waals surface area contributed by atoms with Gasteiger partial charge in [0.2, 0.25) is 47.3 Å². The zero-order valence-corrected chi connectivity index (χ0v) is 32.6. The average molecular weight is 771 g/mol. The van der Waals surface area contributed by atoms with Crippen LogP contribution in [0, 0.1) is 17.8 Å². The van der Waals surface area contributed by atoms with Crippen LogP contribution in [-0.4, -0.2) is 113 Å². The van der Waals surface area contributed by atoms with Gasteiger partial charge in [-0.1, -0.05) is 71.9 Å². The number of carbonyl (C=O) groups is 8. The molecular weight excluding hydrogens is 712 g/mol. The molecule has 17 nitrogen and oxygen atoms in total. The number of nitrogens with one attached hydrogen (secondary N) is 6. The van der Waals surface area contributed by atoms with Crippen LogP contribution in [0.25, 0.3) is 0 Å². The summed E-state index contributed by atoms with van der Waals surface area (Å²) in [5, 5.41) is 25.9. The van der Waals surface area contributed by atoms with E-state index in [0.29, 0.717) is 12.0 Å². The second-order valence-corrected chi connectivity index (χ2v) is 15.5. The maximum atomic E-state index is 14.2. The van der Waals surface area contributed by atoms with Gasteiger partial charge >= 0.3 is 0 Å². The quantitative estimate of drug-likeness (QED) is 0.141. The van der Waals surface area contributed by atoms with Crippen LogP contribution in [-0.2, 0) is 44.8 Å². The van der Waals surface area contributed by atoms with E-state index in [2.05, 4.69) is 31.9 Å². The van der Waals surface area contributed by atoms with Gasteiger partial charge in [0.1, 0.15) is 42.3 Å². The summed E-state index contributed by atoms with van der Waals surface area (Å²) in [4.78, 5) is 110. The smallest absolute Gasteiger partial charge is 0.245 e. The lowest BCUT2D eigenvalue weighted by Crippen LogP contribution is -2.61. The molecule has 2 heterocycles. The van der Waals surface area contributed by atoms with E-state index in [1.807, 2.05) is 13.8 Å². The molecule has 55 heavy (non-hydrogen) atoms. The predicted molar refractivity (Wildman–Crippen MR) is 201 cm³/mol. The molecule has 9 N–H and O–H groups in total. The van der Waals surface area contributed by atoms with Crippen molar-refractivity contribution in [2.75, 3.05) is 13.2 Å². The molecule has 304 valence electrons. The highest BCUT2D eigenvalue weighted by molar-refractivity contribution is 5.99. The third-order valence-corrected chi connectivity index (χ3v) is 9.52. The molecule has 1 aromatic rings. The summed E-state index contributed by atoms with van der Waals surface area (Å²) in [5.41, 5.74) is 6.11. The van der Waals surface area contributed by atoms with Crippen LogP contribution in [0.3, 0.4) is 0 Å². The highest BCUT2D eigenvalue weighted by Crippen LogP contribution is 2.22. The van der Waals surface area contributed by atoms with E-state index < -0.39 is 108 Å². The summed E-state index contributed by atoms with van der Waals surface area (Å²) >= 11 is 0. The van der Waals surface area contributed by atoms with Crippen LogP contribution in [0.2, 0.25) is 0 Å². The number of primary amides is 1. The van der Waals surface area contributed by atoms with Gasteiger partial charge in [0.25, 0.3) is 0 Å². The second-order valence-electron chi connectivity index (χ2n) is 15.5. The number of fused-ring (bicyclic) bond motifs is 1. The first-order chi connectivity index (χ1) is 25.9. The highest BCUT2D eigenvalue weighted by atomic mass is 16.3. The van der Waals surface area contributed by atoms with Crippen molar-refractivity contribution < 1.29 is 43.5 Å². The number of aliphatic hydroxyl groups is 1. The maximum Gasteiger partial charge on any atom is 0.245 e. The third kappa shape index (κ3) is 13.0. The van der Waals surface area contributed by atoms with Crippen LogP contribution in [0.15, 0.2) is 30.3 Å². The summed E-state index contributed by atoms with van der Waals surface area (Å²) in [6.45, 7) is 9.98. The van der Waals surface area contributed by atoms with Gasteiger partial charge in [0.05, 0.1) is 13.0 Å². The van der Waals surface area contributed by atoms with Gasteiger partial charge in [-0.2, -0.15) is 0 Å². The first-order valence-electron chi connectivity index (χ1n) is 19.0. The standard InChI is InChI=1S/C38H58N8O9/c1-20(2)15-24-32(49)44-28(19-47)35(52)41-25(17-23-11-8-7-9-12-23)33(50)43-27(16-21(3)4)38(55)46-14-10-13-29(46)36(53)45-31(22(5)6)37(54)42-26(18-30(39)48)34(51)40-24/h7-9,11-12,20-22,24-29,31,47H,10,13-19H2,1-6H3,(H2,39,48)(H,40,51)(H,41,52)(H,42,54)(H,43,50)(H,44,49)(H,45,53)/t24-,25-,26-,27-,28-,29-,31-/m0/s1. The fourth-order valence-corrected chi connectivity index (χ4v) is 6.70. The number of carbonyl (C=O) groups excluding carboxylic acids is 8. The second kappa shape index (κ2) is 20.6. The molecule has 0 aromatic heterocycles. The Hall–Kier alpha value is -5.06. The Bertz CT molecular complexity index is 1550. The topological polar surface area (TPSA) is 258 Å². The number of nitrogens with zero attached hydrogens (tertiary/aromatic N) is 1. The molecule has 2 fully saturated rings. The summed E-state index contributed by atoms with van der Waals surface area (Å²) in [5.74, 6) is -7.02. The first-order valence-corrected chi connectivity index (χ1v) is 19.0. The van der Waals surface area contributed by atoms with Crippen molar-refractivity contribution in [2.24, 2.45) is 23.5 Å². The molecule has 0 bridgehead atoms. The maximum absolute atomic E-state index is 14.2. The summed E-state index contributed by atoms with van der Waals surface area (Å²) in [7, 11) is 0. The number of hydrogen-bond donors (Lipinski definition) is 8. The Morgan fingerprint density at radius 1 is 0.691 bits per heavy atom. The Labute approximate surface area is 322 Å². The lowest BCUT2D eigenvalue weighted by molar-refractivity contribution is -0.143. The molecule has 2 aliphatic rings. The molecular formula is C38H58N8O9. The molecule has 8 amide bonds. The Morgan fingerprint density at radius 2 is 1.20 bits per heavy atom. The predicted octanol–water partition coefficient (Wildman–Crippen LogP) is -1.24. The molecule has 0 unspecified atom stereocenters. The van der Waals surface area contributed by atoms with E-state index >= 15 is 0 Å². The number of hydrogen-bond acceptors (Lipinski definition) is 9. The number of amides is 8. The van der Waals surface area contributed by atoms with E-state index in [1.165, 1.54) is 4.90 Å². The molecule has 17 heteroatoms. The fraction of sp³-hybridized carbons (Fsp3) is 0.632. The van der Waals surface area contributed by atoms with Gasteiger partial charge in [-0.05, 0) is 49.0 Å². The van der Waals surface area contributed by atoms with Gasteiger partial charge in [-0.3, -0.25) is 38.4 Å². The van der Waals surface area contributed by atoms with Crippen LogP contribution in [0.5, 0.6) is 0 Å². The van der Waals surface area contributed by atoms with E-state index in [-0.39, 0.29) is 44.1 Å². The molecule has 1 aromatic carbocycles. The van der Waals surface area contributed by atoms with Crippen LogP contribution in [0.4, 0.5) is 0 Å². The Kier molecular flexibility index (Phi) is 16.6. The Morgan fingerprint density at radius 3 is 1.78 bits per heavy atom. The van der Waals surface area contributed by atoms with Crippen LogP contribution in [0.1, 0.15) is 79.2 Å². The minimum atomic E-state index is -1.57. The van der Waals surface area contributed by atoms with Crippen molar-refractivity contribution in [3.05, 3.63) is 35.9 Å². The molecule has 2 aliphatic heterocycles. The van der Waals surface area contributed by atoms with Crippen molar-refractivity contribution in [1.29, 1.82) is 0 Å². The third-order valence-electron chi connectivity index (χ3n) is 9.52. The first kappa shape index (κ1) is 44.3. The lowest BCUT2D eigenvalue weighted by Gasteiger charge is -2.32. The van der Waals surface area contributed by atoms with Gasteiger partial charge in [-0.15, -0.1) is 0 Å². The summed E-state index contributed by atoms with van der Waals surface area (Å²) in [6.07, 6.45) is 0.373. The Balaban J connectivity index is 2.12. The van der Waals surface area contributed by atoms with Gasteiger partial charge < -0.3 is 47.6 Å². The largest absolute Gasteiger partial charge is 0.394 e. The summed E-state index contributed by atoms with van der Waals surface area (Å²) < 4.78 is 0. The molecule has 0 saturated carbocycles. The SMILES string of the molecule is CC(C)C[C@@H]1NC(=O)[C@H](CC(N)=O)NC(=O)[C@H](C(C)C)NC(=O)[C@@H]2CCCN2C(=O)[C@H](CC(C)C)NC(=O)[C@H](Cc2ccccc2)NC(=O)[C@H](CO)NC1=O. The molecule has 7 atom stereocenters. The number of nitrogens with two attached hydrogens (primary N) is 1. The summed E-state index contributed by atoms with van der Waals surface area (Å²) in [6, 6.07) is -0.144. The number of rotatable bonds is 10. The van der Waals surface area contributed by atoms with Crippen molar-refractivity contribution in [1.82, 2.24) is 36.8 Å². The number of aliphatic hydroxyl groups excluding tert-OH is 1. The van der Waals surface area contributed by atoms with E-state index in [0.717, 1.165) is 0 Å². The van der Waals surface area contributed by atoms with Crippen molar-refractivity contribution in [3.63, 3.8) is 0 Å². The molecule has 2 saturated heterocycles. The molecule has 0 spiro atoms. The van der Waals surface area contributed by atoms with Crippen LogP contribution >= 0.6 is 0 Å². The zero-order valence-electron chi connectivity index (χ0n) is 32.6.